The van der Waals surface area contributed by atoms with Crippen LogP contribution < -0.4 is 11.1 Å². The molecule has 3 fully saturated rings. The highest BCUT2D eigenvalue weighted by molar-refractivity contribution is 6.25. The average Bonchev–Trinajstić information content (AvgIpc) is 3.37. The molecule has 176 valence electrons. The Morgan fingerprint density at radius 2 is 2.06 bits per heavy atom. The summed E-state index contributed by atoms with van der Waals surface area (Å²) in [6.45, 7) is 2.90. The van der Waals surface area contributed by atoms with Gasteiger partial charge in [0.2, 0.25) is 11.6 Å². The molecule has 0 radical (unpaired) electrons. The summed E-state index contributed by atoms with van der Waals surface area (Å²) >= 11 is 0. The lowest BCUT2D eigenvalue weighted by molar-refractivity contribution is -0.137. The molecule has 1 aliphatic carbocycles. The second kappa shape index (κ2) is 8.47. The highest BCUT2D eigenvalue weighted by atomic mass is 16.5. The van der Waals surface area contributed by atoms with E-state index in [-0.39, 0.29) is 48.7 Å². The van der Waals surface area contributed by atoms with Crippen LogP contribution >= 0.6 is 0 Å². The molecule has 0 saturated carbocycles. The molecular weight excluding hydrogens is 422 g/mol. The number of rotatable bonds is 5. The van der Waals surface area contributed by atoms with Gasteiger partial charge in [0.05, 0.1) is 30.4 Å². The number of carbonyl (C=O) groups is 3. The highest BCUT2D eigenvalue weighted by Crippen LogP contribution is 2.55. The van der Waals surface area contributed by atoms with Crippen molar-refractivity contribution in [3.8, 4) is 0 Å². The van der Waals surface area contributed by atoms with Crippen molar-refractivity contribution in [2.24, 2.45) is 11.7 Å². The lowest BCUT2D eigenvalue weighted by atomic mass is 9.83. The highest BCUT2D eigenvalue weighted by Gasteiger charge is 2.72. The van der Waals surface area contributed by atoms with Gasteiger partial charge in [-0.2, -0.15) is 0 Å². The molecule has 4 aliphatic heterocycles. The largest absolute Gasteiger partial charge is 0.486 e. The normalized spacial score (nSPS) is 35.2. The number of Topliss-reactive ketones (excluding diaryl/α,β-unsaturated/α-hetero) is 2. The van der Waals surface area contributed by atoms with Crippen molar-refractivity contribution in [1.82, 2.24) is 10.2 Å². The van der Waals surface area contributed by atoms with Crippen LogP contribution in [0.1, 0.15) is 26.2 Å². The molecule has 4 heterocycles. The van der Waals surface area contributed by atoms with Gasteiger partial charge in [0.15, 0.2) is 11.5 Å². The predicted molar refractivity (Wildman–Crippen MR) is 109 cm³/mol. The van der Waals surface area contributed by atoms with Gasteiger partial charge >= 0.3 is 6.09 Å². The second-order valence-electron chi connectivity index (χ2n) is 8.57. The summed E-state index contributed by atoms with van der Waals surface area (Å²) in [5.41, 5.74) is 4.15. The molecule has 3 saturated heterocycles. The number of nitrogens with two attached hydrogens (primary N) is 1. The fourth-order valence-corrected chi connectivity index (χ4v) is 5.41. The summed E-state index contributed by atoms with van der Waals surface area (Å²) in [5.74, 6) is -1.03. The maximum absolute atomic E-state index is 13.4. The minimum Gasteiger partial charge on any atom is -0.486 e. The Morgan fingerprint density at radius 1 is 1.34 bits per heavy atom. The number of amides is 1. The van der Waals surface area contributed by atoms with Crippen molar-refractivity contribution in [3.05, 3.63) is 22.6 Å². The number of hydrogen-bond acceptors (Lipinski definition) is 9. The van der Waals surface area contributed by atoms with E-state index in [1.165, 1.54) is 0 Å². The lowest BCUT2D eigenvalue weighted by Gasteiger charge is -2.39. The second-order valence-corrected chi connectivity index (χ2v) is 8.57. The minimum absolute atomic E-state index is 0.00108. The van der Waals surface area contributed by atoms with E-state index in [0.29, 0.717) is 30.0 Å². The van der Waals surface area contributed by atoms with E-state index in [4.69, 9.17) is 24.1 Å². The summed E-state index contributed by atoms with van der Waals surface area (Å²) in [6.07, 6.45) is 1.60. The predicted octanol–water partition coefficient (Wildman–Crippen LogP) is -0.504. The number of carboxylic acid groups (broad SMARTS) is 1. The standard InChI is InChI=1S/C20H26N2O6.CH3NO2/c1-10-16(24)15-14(17(25)18(10)28-9-11-5-3-4-6-27-11)12(8-23)20(26-2)19-13(21-19)7-22(15)20;2-1(3)4/h11-13,19,21,23H,3-9H2,1-2H3;2H2,(H,3,4). The van der Waals surface area contributed by atoms with Gasteiger partial charge in [0.25, 0.3) is 0 Å². The Kier molecular flexibility index (Phi) is 6.01. The first kappa shape index (κ1) is 22.7. The van der Waals surface area contributed by atoms with Crippen molar-refractivity contribution < 1.29 is 38.8 Å². The molecule has 0 aromatic heterocycles. The van der Waals surface area contributed by atoms with Crippen molar-refractivity contribution in [2.75, 3.05) is 33.5 Å². The molecule has 11 heteroatoms. The number of allylic oxidation sites excluding steroid dienone is 2. The van der Waals surface area contributed by atoms with Crippen LogP contribution in [0.25, 0.3) is 0 Å². The summed E-state index contributed by atoms with van der Waals surface area (Å²) in [5, 5.41) is 20.7. The third-order valence-corrected chi connectivity index (χ3v) is 6.85. The van der Waals surface area contributed by atoms with Crippen molar-refractivity contribution in [3.63, 3.8) is 0 Å². The van der Waals surface area contributed by atoms with E-state index in [1.54, 1.807) is 14.0 Å². The van der Waals surface area contributed by atoms with Crippen molar-refractivity contribution in [2.45, 2.75) is 50.1 Å². The zero-order chi connectivity index (χ0) is 23.2. The quantitative estimate of drug-likeness (QED) is 0.315. The number of nitrogens with one attached hydrogen (secondary N) is 1. The van der Waals surface area contributed by atoms with Gasteiger partial charge in [-0.1, -0.05) is 0 Å². The van der Waals surface area contributed by atoms with Gasteiger partial charge in [-0.25, -0.2) is 4.79 Å². The number of primary amides is 1. The number of hydrogen-bond donors (Lipinski definition) is 4. The number of ether oxygens (including phenoxy) is 3. The number of aliphatic hydroxyl groups excluding tert-OH is 1. The molecule has 1 amide bonds. The van der Waals surface area contributed by atoms with E-state index < -0.39 is 17.7 Å². The average molecular weight is 451 g/mol. The van der Waals surface area contributed by atoms with Crippen LogP contribution in [0, 0.1) is 5.92 Å². The monoisotopic (exact) mass is 451 g/mol. The molecule has 0 spiro atoms. The topological polar surface area (TPSA) is 171 Å². The SMILES string of the molecule is COC12C(CO)C3=C(C(=O)C(C)=C(OCC4CCCCO4)C3=O)N1CC1NC12.NC(=O)O. The van der Waals surface area contributed by atoms with Gasteiger partial charge in [-0.3, -0.25) is 9.59 Å². The third-order valence-electron chi connectivity index (χ3n) is 6.85. The Balaban J connectivity index is 0.000000567. The Morgan fingerprint density at radius 3 is 2.66 bits per heavy atom. The molecule has 5 atom stereocenters. The number of fused-ring (bicyclic) bond motifs is 4. The number of piperazine rings is 1. The summed E-state index contributed by atoms with van der Waals surface area (Å²) in [4.78, 5) is 37.3. The van der Waals surface area contributed by atoms with Crippen LogP contribution in [0.2, 0.25) is 0 Å². The molecule has 0 bridgehead atoms. The van der Waals surface area contributed by atoms with E-state index in [0.717, 1.165) is 19.3 Å². The van der Waals surface area contributed by atoms with E-state index in [2.05, 4.69) is 11.1 Å². The molecule has 5 rings (SSSR count). The van der Waals surface area contributed by atoms with Crippen LogP contribution in [-0.2, 0) is 23.8 Å². The molecule has 0 aromatic rings. The summed E-state index contributed by atoms with van der Waals surface area (Å²) < 4.78 is 17.4. The number of nitrogens with zero attached hydrogens (tertiary/aromatic N) is 1. The molecule has 5 N–H and O–H groups in total. The van der Waals surface area contributed by atoms with Gasteiger partial charge < -0.3 is 40.4 Å². The Labute approximate surface area is 185 Å². The van der Waals surface area contributed by atoms with Crippen LogP contribution in [0.5, 0.6) is 0 Å². The van der Waals surface area contributed by atoms with Crippen molar-refractivity contribution in [1.29, 1.82) is 0 Å². The number of aliphatic hydroxyl groups is 1. The third kappa shape index (κ3) is 3.40. The zero-order valence-electron chi connectivity index (χ0n) is 18.1. The Hall–Kier alpha value is -2.47. The van der Waals surface area contributed by atoms with Gasteiger partial charge in [-0.05, 0) is 26.2 Å². The fourth-order valence-electron chi connectivity index (χ4n) is 5.41. The Bertz CT molecular complexity index is 889. The van der Waals surface area contributed by atoms with Crippen molar-refractivity contribution >= 4 is 17.7 Å². The fraction of sp³-hybridized carbons (Fsp3) is 0.667. The first-order valence-electron chi connectivity index (χ1n) is 10.7. The molecule has 5 unspecified atom stereocenters. The maximum atomic E-state index is 13.4. The van der Waals surface area contributed by atoms with Gasteiger partial charge in [-0.15, -0.1) is 0 Å². The smallest absolute Gasteiger partial charge is 0.402 e. The van der Waals surface area contributed by atoms with Crippen LogP contribution in [0.15, 0.2) is 22.6 Å². The zero-order valence-corrected chi connectivity index (χ0v) is 18.1. The lowest BCUT2D eigenvalue weighted by Crippen LogP contribution is -2.54. The number of methoxy groups -OCH3 is 1. The van der Waals surface area contributed by atoms with E-state index >= 15 is 0 Å². The summed E-state index contributed by atoms with van der Waals surface area (Å²) in [7, 11) is 1.57. The minimum atomic E-state index is -1.33. The van der Waals surface area contributed by atoms with Crippen LogP contribution in [0.4, 0.5) is 4.79 Å². The van der Waals surface area contributed by atoms with E-state index in [1.807, 2.05) is 4.90 Å². The number of carbonyl (C=O) groups excluding carboxylic acids is 2. The van der Waals surface area contributed by atoms with E-state index in [9.17, 15) is 14.7 Å². The molecule has 0 aromatic carbocycles. The van der Waals surface area contributed by atoms with Crippen LogP contribution in [-0.4, -0.2) is 90.2 Å². The molecule has 32 heavy (non-hydrogen) atoms. The first-order valence-corrected chi connectivity index (χ1v) is 10.7. The maximum Gasteiger partial charge on any atom is 0.402 e. The molecular formula is C21H29N3O8. The van der Waals surface area contributed by atoms with Gasteiger partial charge in [0.1, 0.15) is 6.61 Å². The molecule has 11 nitrogen and oxygen atoms in total. The molecule has 5 aliphatic rings. The number of ketones is 2. The van der Waals surface area contributed by atoms with Crippen LogP contribution in [0.3, 0.4) is 0 Å². The van der Waals surface area contributed by atoms with Gasteiger partial charge in [0, 0.05) is 37.4 Å². The first-order chi connectivity index (χ1) is 15.3. The summed E-state index contributed by atoms with van der Waals surface area (Å²) in [6, 6.07) is 0.220.